The largest absolute Gasteiger partial charge is 0.456 e. The molecule has 0 spiro atoms. The molecule has 3 N–H and O–H groups in total. The van der Waals surface area contributed by atoms with Crippen LogP contribution in [0.3, 0.4) is 0 Å². The zero-order chi connectivity index (χ0) is 30.4. The fourth-order valence-corrected chi connectivity index (χ4v) is 8.78. The highest BCUT2D eigenvalue weighted by Crippen LogP contribution is 2.73. The van der Waals surface area contributed by atoms with Crippen molar-refractivity contribution in [3.8, 4) is 0 Å². The lowest BCUT2D eigenvalue weighted by atomic mass is 9.40. The molecule has 40 heavy (non-hydrogen) atoms. The van der Waals surface area contributed by atoms with Crippen molar-refractivity contribution in [1.29, 1.82) is 0 Å². The minimum absolute atomic E-state index is 0.00606. The normalized spacial score (nSPS) is 40.4. The summed E-state index contributed by atoms with van der Waals surface area (Å²) in [5, 5.41) is 33.9. The number of ether oxygens (including phenoxy) is 1. The average Bonchev–Trinajstić information content (AvgIpc) is 3.01. The standard InChI is InChI=1S/C32H44O8/c1-17(33)40-27(2,3)13-12-23(36)32(9,39)25-21(35)15-29(6)22-11-10-18-19(14-20(34)26(38)28(18,4)5)31(22,8)24(37)16-30(25,29)7/h10,12-14,21-22,25-26,35,38-39H,11,15-16H2,1-9H3/b13-12+/t21-,22+,25-,26+,29+,30+,31-,32+/m1/s1. The summed E-state index contributed by atoms with van der Waals surface area (Å²) < 4.78 is 5.22. The van der Waals surface area contributed by atoms with Crippen molar-refractivity contribution >= 4 is 23.3 Å². The summed E-state index contributed by atoms with van der Waals surface area (Å²) in [4.78, 5) is 52.0. The number of hydrogen-bond acceptors (Lipinski definition) is 8. The Morgan fingerprint density at radius 1 is 1.02 bits per heavy atom. The van der Waals surface area contributed by atoms with Gasteiger partial charge in [-0.25, -0.2) is 0 Å². The summed E-state index contributed by atoms with van der Waals surface area (Å²) in [5.41, 5.74) is -5.13. The molecule has 0 heterocycles. The monoisotopic (exact) mass is 556 g/mol. The van der Waals surface area contributed by atoms with E-state index in [-0.39, 0.29) is 24.5 Å². The first-order chi connectivity index (χ1) is 18.1. The fourth-order valence-electron chi connectivity index (χ4n) is 8.78. The molecule has 220 valence electrons. The summed E-state index contributed by atoms with van der Waals surface area (Å²) in [6, 6.07) is 0. The molecule has 0 aromatic carbocycles. The van der Waals surface area contributed by atoms with Crippen LogP contribution in [0.2, 0.25) is 0 Å². The van der Waals surface area contributed by atoms with Gasteiger partial charge >= 0.3 is 5.97 Å². The van der Waals surface area contributed by atoms with E-state index in [0.29, 0.717) is 12.0 Å². The van der Waals surface area contributed by atoms with E-state index in [1.54, 1.807) is 13.8 Å². The van der Waals surface area contributed by atoms with Crippen LogP contribution in [0.5, 0.6) is 0 Å². The second-order valence-electron chi connectivity index (χ2n) is 14.4. The van der Waals surface area contributed by atoms with Crippen molar-refractivity contribution in [2.75, 3.05) is 0 Å². The van der Waals surface area contributed by atoms with Gasteiger partial charge in [0.25, 0.3) is 0 Å². The predicted octanol–water partition coefficient (Wildman–Crippen LogP) is 3.42. The molecule has 4 aliphatic carbocycles. The Morgan fingerprint density at radius 3 is 2.20 bits per heavy atom. The highest BCUT2D eigenvalue weighted by Gasteiger charge is 2.73. The van der Waals surface area contributed by atoms with Gasteiger partial charge in [-0.05, 0) is 86.7 Å². The molecule has 4 rings (SSSR count). The zero-order valence-electron chi connectivity index (χ0n) is 25.1. The van der Waals surface area contributed by atoms with E-state index in [2.05, 4.69) is 0 Å². The van der Waals surface area contributed by atoms with Gasteiger partial charge in [0.15, 0.2) is 11.6 Å². The van der Waals surface area contributed by atoms with Crippen molar-refractivity contribution in [1.82, 2.24) is 0 Å². The predicted molar refractivity (Wildman–Crippen MR) is 148 cm³/mol. The Morgan fingerprint density at radius 2 is 1.62 bits per heavy atom. The summed E-state index contributed by atoms with van der Waals surface area (Å²) in [5.74, 6) is -2.94. The fraction of sp³-hybridized carbons (Fsp3) is 0.688. The van der Waals surface area contributed by atoms with E-state index in [9.17, 15) is 34.5 Å². The topological polar surface area (TPSA) is 138 Å². The molecule has 2 fully saturated rings. The SMILES string of the molecule is CC(=O)OC(C)(C)/C=C/C(=O)[C@](C)(O)[C@@H]1[C@H](O)C[C@@]2(C)[C@@H]3CC=C4C(=CC(=O)[C@H](O)C4(C)C)[C@@]3(C)C(=O)C[C@@]12C. The molecule has 0 aromatic heterocycles. The number of hydrogen-bond donors (Lipinski definition) is 3. The number of carbonyl (C=O) groups excluding carboxylic acids is 4. The summed E-state index contributed by atoms with van der Waals surface area (Å²) in [6.07, 6.45) is 4.55. The second-order valence-corrected chi connectivity index (χ2v) is 14.4. The smallest absolute Gasteiger partial charge is 0.303 e. The first kappa shape index (κ1) is 30.5. The maximum absolute atomic E-state index is 14.3. The summed E-state index contributed by atoms with van der Waals surface area (Å²) >= 11 is 0. The molecule has 0 unspecified atom stereocenters. The Hall–Kier alpha value is -2.42. The van der Waals surface area contributed by atoms with Gasteiger partial charge in [-0.3, -0.25) is 19.2 Å². The third-order valence-corrected chi connectivity index (χ3v) is 11.1. The molecular formula is C32H44O8. The number of allylic oxidation sites excluding steroid dienone is 2. The highest BCUT2D eigenvalue weighted by atomic mass is 16.6. The van der Waals surface area contributed by atoms with Gasteiger partial charge in [-0.2, -0.15) is 0 Å². The van der Waals surface area contributed by atoms with Gasteiger partial charge in [-0.15, -0.1) is 0 Å². The number of carbonyl (C=O) groups is 4. The lowest BCUT2D eigenvalue weighted by Crippen LogP contribution is -2.63. The van der Waals surface area contributed by atoms with E-state index in [1.165, 1.54) is 32.1 Å². The number of Topliss-reactive ketones (excluding diaryl/α,β-unsaturated/α-hetero) is 1. The quantitative estimate of drug-likeness (QED) is 0.346. The second kappa shape index (κ2) is 9.04. The van der Waals surface area contributed by atoms with Crippen LogP contribution >= 0.6 is 0 Å². The molecule has 0 aliphatic heterocycles. The molecule has 8 heteroatoms. The molecule has 0 radical (unpaired) electrons. The third-order valence-electron chi connectivity index (χ3n) is 11.1. The van der Waals surface area contributed by atoms with Gasteiger partial charge in [0, 0.05) is 24.7 Å². The van der Waals surface area contributed by atoms with Crippen molar-refractivity contribution in [2.45, 2.75) is 105 Å². The molecule has 0 saturated heterocycles. The van der Waals surface area contributed by atoms with Gasteiger partial charge in [0.2, 0.25) is 0 Å². The van der Waals surface area contributed by atoms with Gasteiger partial charge in [-0.1, -0.05) is 33.8 Å². The van der Waals surface area contributed by atoms with E-state index in [4.69, 9.17) is 4.74 Å². The minimum atomic E-state index is -2.01. The highest BCUT2D eigenvalue weighted by molar-refractivity contribution is 6.02. The Labute approximate surface area is 236 Å². The molecular weight excluding hydrogens is 512 g/mol. The van der Waals surface area contributed by atoms with E-state index in [1.807, 2.05) is 40.7 Å². The first-order valence-corrected chi connectivity index (χ1v) is 14.1. The Balaban J connectivity index is 1.77. The Kier molecular flexibility index (Phi) is 6.90. The van der Waals surface area contributed by atoms with Crippen molar-refractivity contribution in [2.24, 2.45) is 33.5 Å². The molecule has 8 atom stereocenters. The Bertz CT molecular complexity index is 1270. The molecule has 0 amide bonds. The van der Waals surface area contributed by atoms with Crippen LogP contribution in [0.4, 0.5) is 0 Å². The number of ketones is 3. The maximum Gasteiger partial charge on any atom is 0.303 e. The number of rotatable bonds is 5. The van der Waals surface area contributed by atoms with E-state index >= 15 is 0 Å². The van der Waals surface area contributed by atoms with Gasteiger partial charge in [0.1, 0.15) is 23.1 Å². The third kappa shape index (κ3) is 4.04. The summed E-state index contributed by atoms with van der Waals surface area (Å²) in [6.45, 7) is 15.3. The minimum Gasteiger partial charge on any atom is -0.456 e. The lowest BCUT2D eigenvalue weighted by Gasteiger charge is -2.62. The van der Waals surface area contributed by atoms with Crippen molar-refractivity contribution < 1.29 is 39.2 Å². The van der Waals surface area contributed by atoms with Crippen LogP contribution in [0.15, 0.2) is 35.5 Å². The molecule has 2 saturated carbocycles. The maximum atomic E-state index is 14.3. The lowest BCUT2D eigenvalue weighted by molar-refractivity contribution is -0.171. The summed E-state index contributed by atoms with van der Waals surface area (Å²) in [7, 11) is 0. The van der Waals surface area contributed by atoms with E-state index < -0.39 is 68.5 Å². The molecule has 0 aromatic rings. The number of esters is 1. The van der Waals surface area contributed by atoms with Crippen LogP contribution < -0.4 is 0 Å². The number of aliphatic hydroxyl groups excluding tert-OH is 2. The van der Waals surface area contributed by atoms with Crippen LogP contribution in [0.1, 0.15) is 81.6 Å². The number of aliphatic hydroxyl groups is 3. The van der Waals surface area contributed by atoms with Crippen LogP contribution in [-0.2, 0) is 23.9 Å². The molecule has 4 aliphatic rings. The average molecular weight is 557 g/mol. The van der Waals surface area contributed by atoms with Crippen LogP contribution in [0, 0.1) is 33.5 Å². The van der Waals surface area contributed by atoms with E-state index in [0.717, 1.165) is 5.57 Å². The molecule has 8 nitrogen and oxygen atoms in total. The van der Waals surface area contributed by atoms with Crippen molar-refractivity contribution in [3.05, 3.63) is 35.5 Å². The number of fused-ring (bicyclic) bond motifs is 5. The van der Waals surface area contributed by atoms with Crippen LogP contribution in [0.25, 0.3) is 0 Å². The van der Waals surface area contributed by atoms with Crippen LogP contribution in [-0.4, -0.2) is 62.0 Å². The zero-order valence-corrected chi connectivity index (χ0v) is 25.1. The first-order valence-electron chi connectivity index (χ1n) is 14.1. The molecule has 0 bridgehead atoms. The van der Waals surface area contributed by atoms with Gasteiger partial charge in [0.05, 0.1) is 11.5 Å². The van der Waals surface area contributed by atoms with Crippen molar-refractivity contribution in [3.63, 3.8) is 0 Å². The van der Waals surface area contributed by atoms with Gasteiger partial charge < -0.3 is 20.1 Å².